The van der Waals surface area contributed by atoms with Crippen molar-refractivity contribution >= 4 is 61.8 Å². The molecule has 2 heterocycles. The first-order valence-corrected chi connectivity index (χ1v) is 6.22. The predicted molar refractivity (Wildman–Crippen MR) is 64.5 cm³/mol. The van der Waals surface area contributed by atoms with Crippen LogP contribution in [0.5, 0.6) is 0 Å². The molecule has 0 aliphatic carbocycles. The van der Waals surface area contributed by atoms with Crippen LogP contribution in [0.25, 0.3) is 0 Å². The molecule has 5 heteroatoms. The Morgan fingerprint density at radius 1 is 1.55 bits per heavy atom. The number of aromatic nitrogens is 1. The summed E-state index contributed by atoms with van der Waals surface area (Å²) in [4.78, 5) is 4.46. The SMILES string of the molecule is Ic1nc2c(s1)N(I)CCC2. The van der Waals surface area contributed by atoms with E-state index in [-0.39, 0.29) is 0 Å². The van der Waals surface area contributed by atoms with Crippen molar-refractivity contribution in [2.45, 2.75) is 12.8 Å². The Morgan fingerprint density at radius 3 is 3.09 bits per heavy atom. The standard InChI is InChI=1S/C6H6I2N2S/c7-6-9-4-2-1-3-10(8)5(4)11-6/h1-3H2. The van der Waals surface area contributed by atoms with Gasteiger partial charge in [-0.15, -0.1) is 0 Å². The van der Waals surface area contributed by atoms with E-state index in [2.05, 4.69) is 53.6 Å². The van der Waals surface area contributed by atoms with Crippen LogP contribution in [0.4, 0.5) is 5.00 Å². The second-order valence-electron chi connectivity index (χ2n) is 2.41. The fourth-order valence-electron chi connectivity index (χ4n) is 1.15. The van der Waals surface area contributed by atoms with Crippen LogP contribution in [-0.4, -0.2) is 11.5 Å². The number of hydrogen-bond donors (Lipinski definition) is 0. The zero-order valence-electron chi connectivity index (χ0n) is 5.68. The summed E-state index contributed by atoms with van der Waals surface area (Å²) in [5, 5.41) is 1.36. The van der Waals surface area contributed by atoms with Gasteiger partial charge in [-0.05, 0) is 35.4 Å². The van der Waals surface area contributed by atoms with E-state index in [4.69, 9.17) is 0 Å². The smallest absolute Gasteiger partial charge is 0.156 e. The van der Waals surface area contributed by atoms with E-state index in [0.717, 1.165) is 9.44 Å². The van der Waals surface area contributed by atoms with Crippen molar-refractivity contribution in [2.24, 2.45) is 0 Å². The quantitative estimate of drug-likeness (QED) is 0.499. The fraction of sp³-hybridized carbons (Fsp3) is 0.500. The van der Waals surface area contributed by atoms with Crippen molar-refractivity contribution in [2.75, 3.05) is 9.66 Å². The normalized spacial score (nSPS) is 16.7. The van der Waals surface area contributed by atoms with Gasteiger partial charge in [-0.2, -0.15) is 0 Å². The lowest BCUT2D eigenvalue weighted by atomic mass is 10.2. The van der Waals surface area contributed by atoms with E-state index in [1.807, 2.05) is 0 Å². The third-order valence-electron chi connectivity index (χ3n) is 1.64. The van der Waals surface area contributed by atoms with Crippen LogP contribution < -0.4 is 3.11 Å². The van der Waals surface area contributed by atoms with Crippen molar-refractivity contribution in [1.82, 2.24) is 4.98 Å². The number of anilines is 1. The van der Waals surface area contributed by atoms with Gasteiger partial charge in [0.15, 0.2) is 3.01 Å². The van der Waals surface area contributed by atoms with Gasteiger partial charge >= 0.3 is 0 Å². The van der Waals surface area contributed by atoms with Gasteiger partial charge in [-0.1, -0.05) is 11.3 Å². The van der Waals surface area contributed by atoms with Gasteiger partial charge in [0.25, 0.3) is 0 Å². The van der Waals surface area contributed by atoms with Crippen molar-refractivity contribution in [3.8, 4) is 0 Å². The van der Waals surface area contributed by atoms with E-state index in [1.165, 1.54) is 23.7 Å². The summed E-state index contributed by atoms with van der Waals surface area (Å²) in [5.74, 6) is 0. The third-order valence-corrected chi connectivity index (χ3v) is 4.74. The van der Waals surface area contributed by atoms with Gasteiger partial charge in [-0.3, -0.25) is 0 Å². The molecule has 0 unspecified atom stereocenters. The van der Waals surface area contributed by atoms with Crippen molar-refractivity contribution < 1.29 is 0 Å². The second-order valence-corrected chi connectivity index (χ2v) is 6.30. The minimum absolute atomic E-state index is 1.16. The molecule has 0 saturated carbocycles. The topological polar surface area (TPSA) is 16.1 Å². The molecule has 1 aromatic heterocycles. The largest absolute Gasteiger partial charge is 0.305 e. The molecule has 0 N–H and O–H groups in total. The molecular formula is C6H6I2N2S. The molecule has 60 valence electrons. The van der Waals surface area contributed by atoms with Gasteiger partial charge in [0, 0.05) is 6.54 Å². The van der Waals surface area contributed by atoms with Crippen LogP contribution in [0, 0.1) is 3.01 Å². The number of halogens is 2. The fourth-order valence-corrected chi connectivity index (χ4v) is 3.76. The Kier molecular flexibility index (Phi) is 2.57. The number of thiazole rings is 1. The Bertz CT molecular complexity index is 274. The number of hydrogen-bond acceptors (Lipinski definition) is 3. The molecular weight excluding hydrogens is 386 g/mol. The summed E-state index contributed by atoms with van der Waals surface area (Å²) in [6.07, 6.45) is 2.41. The molecule has 1 aromatic rings. The van der Waals surface area contributed by atoms with Crippen LogP contribution in [-0.2, 0) is 6.42 Å². The van der Waals surface area contributed by atoms with Crippen molar-refractivity contribution in [3.63, 3.8) is 0 Å². The van der Waals surface area contributed by atoms with Crippen molar-refractivity contribution in [3.05, 3.63) is 8.71 Å². The second kappa shape index (κ2) is 3.33. The highest BCUT2D eigenvalue weighted by Gasteiger charge is 2.18. The van der Waals surface area contributed by atoms with E-state index in [9.17, 15) is 0 Å². The number of nitrogens with zero attached hydrogens (tertiary/aromatic N) is 2. The van der Waals surface area contributed by atoms with Crippen LogP contribution >= 0.6 is 56.8 Å². The molecule has 0 saturated heterocycles. The molecule has 1 aliphatic heterocycles. The summed E-state index contributed by atoms with van der Waals surface area (Å²) in [6.45, 7) is 1.17. The van der Waals surface area contributed by atoms with Gasteiger partial charge in [0.05, 0.1) is 28.6 Å². The summed E-state index contributed by atoms with van der Waals surface area (Å²) >= 11 is 6.44. The molecule has 0 spiro atoms. The maximum Gasteiger partial charge on any atom is 0.156 e. The Balaban J connectivity index is 2.43. The minimum Gasteiger partial charge on any atom is -0.305 e. The Labute approximate surface area is 97.0 Å². The monoisotopic (exact) mass is 392 g/mol. The van der Waals surface area contributed by atoms with Gasteiger partial charge in [0.2, 0.25) is 0 Å². The molecule has 0 bridgehead atoms. The highest BCUT2D eigenvalue weighted by atomic mass is 127. The molecule has 0 radical (unpaired) electrons. The van der Waals surface area contributed by atoms with Gasteiger partial charge in [0.1, 0.15) is 5.00 Å². The average Bonchev–Trinajstić information content (AvgIpc) is 2.31. The van der Waals surface area contributed by atoms with E-state index in [1.54, 1.807) is 11.3 Å². The molecule has 2 nitrogen and oxygen atoms in total. The minimum atomic E-state index is 1.16. The zero-order chi connectivity index (χ0) is 7.84. The first-order chi connectivity index (χ1) is 5.27. The van der Waals surface area contributed by atoms with Crippen LogP contribution in [0.15, 0.2) is 0 Å². The van der Waals surface area contributed by atoms with Crippen LogP contribution in [0.1, 0.15) is 12.1 Å². The van der Waals surface area contributed by atoms with E-state index in [0.29, 0.717) is 0 Å². The first kappa shape index (κ1) is 8.49. The molecule has 11 heavy (non-hydrogen) atoms. The molecule has 2 rings (SSSR count). The summed E-state index contributed by atoms with van der Waals surface area (Å²) in [7, 11) is 0. The zero-order valence-corrected chi connectivity index (χ0v) is 10.8. The molecule has 1 aliphatic rings. The first-order valence-electron chi connectivity index (χ1n) is 3.36. The maximum atomic E-state index is 4.46. The van der Waals surface area contributed by atoms with Gasteiger partial charge < -0.3 is 3.11 Å². The number of aryl methyl sites for hydroxylation is 1. The van der Waals surface area contributed by atoms with E-state index < -0.39 is 0 Å². The highest BCUT2D eigenvalue weighted by Crippen LogP contribution is 2.35. The lowest BCUT2D eigenvalue weighted by molar-refractivity contribution is 0.790. The molecule has 0 aromatic carbocycles. The highest BCUT2D eigenvalue weighted by molar-refractivity contribution is 14.1. The van der Waals surface area contributed by atoms with E-state index >= 15 is 0 Å². The molecule has 0 fully saturated rings. The third kappa shape index (κ3) is 1.64. The van der Waals surface area contributed by atoms with Crippen LogP contribution in [0.2, 0.25) is 0 Å². The lowest BCUT2D eigenvalue weighted by Gasteiger charge is -2.19. The lowest BCUT2D eigenvalue weighted by Crippen LogP contribution is -2.17. The summed E-state index contributed by atoms with van der Waals surface area (Å²) < 4.78 is 3.44. The maximum absolute atomic E-state index is 4.46. The van der Waals surface area contributed by atoms with Gasteiger partial charge in [-0.25, -0.2) is 4.98 Å². The summed E-state index contributed by atoms with van der Waals surface area (Å²) in [5.41, 5.74) is 1.29. The average molecular weight is 392 g/mol. The number of fused-ring (bicyclic) bond motifs is 1. The predicted octanol–water partition coefficient (Wildman–Crippen LogP) is 2.85. The number of rotatable bonds is 0. The Morgan fingerprint density at radius 2 is 2.36 bits per heavy atom. The Hall–Kier alpha value is 0.890. The molecule has 0 atom stereocenters. The van der Waals surface area contributed by atoms with Crippen molar-refractivity contribution in [1.29, 1.82) is 0 Å². The van der Waals surface area contributed by atoms with Crippen LogP contribution in [0.3, 0.4) is 0 Å². The summed E-state index contributed by atoms with van der Waals surface area (Å²) in [6, 6.07) is 0. The molecule has 0 amide bonds.